The third kappa shape index (κ3) is 3.17. The molecule has 2 heteroatoms. The normalized spacial score (nSPS) is 12.0. The maximum Gasteiger partial charge on any atom is 0.164 e. The second-order valence-electron chi connectivity index (χ2n) is 5.57. The molecule has 0 saturated carbocycles. The molecule has 0 spiro atoms. The summed E-state index contributed by atoms with van der Waals surface area (Å²) < 4.78 is 0. The van der Waals surface area contributed by atoms with E-state index in [4.69, 9.17) is 0 Å². The van der Waals surface area contributed by atoms with Gasteiger partial charge in [-0.15, -0.1) is 0 Å². The monoisotopic (exact) mass is 289 g/mol. The lowest BCUT2D eigenvalue weighted by atomic mass is 10.0. The molecule has 3 aromatic carbocycles. The standard InChI is InChI=1S/C20H19NO/c1-15(14-20(22)17-9-3-2-4-10-17)21-19-13-7-11-16-8-5-6-12-18(16)19/h2-13,15,21H,14H2,1H3. The Morgan fingerprint density at radius 2 is 1.59 bits per heavy atom. The van der Waals surface area contributed by atoms with E-state index in [1.54, 1.807) is 0 Å². The maximum atomic E-state index is 12.3. The fraction of sp³-hybridized carbons (Fsp3) is 0.150. The van der Waals surface area contributed by atoms with Crippen LogP contribution in [0.3, 0.4) is 0 Å². The highest BCUT2D eigenvalue weighted by Gasteiger charge is 2.11. The Morgan fingerprint density at radius 1 is 0.909 bits per heavy atom. The lowest BCUT2D eigenvalue weighted by Crippen LogP contribution is -2.19. The summed E-state index contributed by atoms with van der Waals surface area (Å²) in [7, 11) is 0. The number of ketones is 1. The van der Waals surface area contributed by atoms with E-state index in [9.17, 15) is 4.79 Å². The Bertz CT molecular complexity index is 775. The van der Waals surface area contributed by atoms with Gasteiger partial charge in [-0.2, -0.15) is 0 Å². The number of benzene rings is 3. The van der Waals surface area contributed by atoms with Crippen LogP contribution in [-0.2, 0) is 0 Å². The van der Waals surface area contributed by atoms with Crippen LogP contribution in [0.1, 0.15) is 23.7 Å². The summed E-state index contributed by atoms with van der Waals surface area (Å²) >= 11 is 0. The van der Waals surface area contributed by atoms with E-state index in [1.165, 1.54) is 10.8 Å². The van der Waals surface area contributed by atoms with Crippen molar-refractivity contribution >= 4 is 22.2 Å². The molecule has 0 heterocycles. The summed E-state index contributed by atoms with van der Waals surface area (Å²) in [5.74, 6) is 0.167. The molecule has 3 aromatic rings. The number of hydrogen-bond acceptors (Lipinski definition) is 2. The first kappa shape index (κ1) is 14.3. The van der Waals surface area contributed by atoms with E-state index in [0.29, 0.717) is 6.42 Å². The average Bonchev–Trinajstić information content (AvgIpc) is 2.56. The molecule has 0 fully saturated rings. The summed E-state index contributed by atoms with van der Waals surface area (Å²) in [5.41, 5.74) is 1.85. The number of hydrogen-bond donors (Lipinski definition) is 1. The first-order valence-corrected chi connectivity index (χ1v) is 7.56. The van der Waals surface area contributed by atoms with Gasteiger partial charge in [-0.3, -0.25) is 4.79 Å². The second-order valence-corrected chi connectivity index (χ2v) is 5.57. The third-order valence-electron chi connectivity index (χ3n) is 3.78. The van der Waals surface area contributed by atoms with Crippen LogP contribution < -0.4 is 5.32 Å². The van der Waals surface area contributed by atoms with Gasteiger partial charge in [0.1, 0.15) is 0 Å². The van der Waals surface area contributed by atoms with E-state index >= 15 is 0 Å². The van der Waals surface area contributed by atoms with E-state index < -0.39 is 0 Å². The third-order valence-corrected chi connectivity index (χ3v) is 3.78. The molecule has 0 aliphatic rings. The lowest BCUT2D eigenvalue weighted by Gasteiger charge is -2.16. The van der Waals surface area contributed by atoms with Crippen LogP contribution in [0.5, 0.6) is 0 Å². The molecule has 0 amide bonds. The van der Waals surface area contributed by atoms with Gasteiger partial charge in [0.25, 0.3) is 0 Å². The first-order chi connectivity index (χ1) is 10.7. The van der Waals surface area contributed by atoms with Gasteiger partial charge in [0.15, 0.2) is 5.78 Å². The van der Waals surface area contributed by atoms with Crippen LogP contribution in [0.4, 0.5) is 5.69 Å². The van der Waals surface area contributed by atoms with Crippen molar-refractivity contribution in [2.24, 2.45) is 0 Å². The van der Waals surface area contributed by atoms with Crippen molar-refractivity contribution < 1.29 is 4.79 Å². The quantitative estimate of drug-likeness (QED) is 0.676. The molecular weight excluding hydrogens is 270 g/mol. The second kappa shape index (κ2) is 6.44. The predicted molar refractivity (Wildman–Crippen MR) is 92.4 cm³/mol. The highest BCUT2D eigenvalue weighted by molar-refractivity contribution is 5.97. The van der Waals surface area contributed by atoms with Crippen LogP contribution in [0.25, 0.3) is 10.8 Å². The summed E-state index contributed by atoms with van der Waals surface area (Å²) in [6.45, 7) is 2.04. The van der Waals surface area contributed by atoms with Gasteiger partial charge in [0.05, 0.1) is 0 Å². The van der Waals surface area contributed by atoms with Gasteiger partial charge < -0.3 is 5.32 Å². The molecule has 1 N–H and O–H groups in total. The summed E-state index contributed by atoms with van der Waals surface area (Å²) in [4.78, 5) is 12.3. The zero-order valence-corrected chi connectivity index (χ0v) is 12.6. The minimum absolute atomic E-state index is 0.0820. The van der Waals surface area contributed by atoms with Gasteiger partial charge in [0.2, 0.25) is 0 Å². The van der Waals surface area contributed by atoms with Gasteiger partial charge in [-0.05, 0) is 18.4 Å². The number of carbonyl (C=O) groups excluding carboxylic acids is 1. The highest BCUT2D eigenvalue weighted by Crippen LogP contribution is 2.24. The lowest BCUT2D eigenvalue weighted by molar-refractivity contribution is 0.0978. The Morgan fingerprint density at radius 3 is 2.41 bits per heavy atom. The van der Waals surface area contributed by atoms with Gasteiger partial charge in [0, 0.05) is 29.1 Å². The van der Waals surface area contributed by atoms with Crippen LogP contribution in [0.15, 0.2) is 72.8 Å². The van der Waals surface area contributed by atoms with Crippen molar-refractivity contribution in [3.8, 4) is 0 Å². The van der Waals surface area contributed by atoms with Crippen LogP contribution in [0, 0.1) is 0 Å². The van der Waals surface area contributed by atoms with Crippen molar-refractivity contribution in [1.82, 2.24) is 0 Å². The zero-order chi connectivity index (χ0) is 15.4. The van der Waals surface area contributed by atoms with Gasteiger partial charge >= 0.3 is 0 Å². The van der Waals surface area contributed by atoms with Crippen molar-refractivity contribution in [1.29, 1.82) is 0 Å². The molecule has 0 bridgehead atoms. The largest absolute Gasteiger partial charge is 0.382 e. The highest BCUT2D eigenvalue weighted by atomic mass is 16.1. The molecule has 0 aliphatic heterocycles. The molecule has 110 valence electrons. The molecule has 1 atom stereocenters. The minimum atomic E-state index is 0.0820. The smallest absolute Gasteiger partial charge is 0.164 e. The molecule has 3 rings (SSSR count). The SMILES string of the molecule is CC(CC(=O)c1ccccc1)Nc1cccc2ccccc12. The number of carbonyl (C=O) groups is 1. The Labute approximate surface area is 130 Å². The number of anilines is 1. The Balaban J connectivity index is 1.74. The van der Waals surface area contributed by atoms with E-state index in [-0.39, 0.29) is 11.8 Å². The van der Waals surface area contributed by atoms with Crippen molar-refractivity contribution in [2.45, 2.75) is 19.4 Å². The topological polar surface area (TPSA) is 29.1 Å². The molecule has 0 aromatic heterocycles. The molecule has 2 nitrogen and oxygen atoms in total. The molecular formula is C20H19NO. The number of fused-ring (bicyclic) bond motifs is 1. The van der Waals surface area contributed by atoms with E-state index in [0.717, 1.165) is 11.3 Å². The minimum Gasteiger partial charge on any atom is -0.382 e. The Kier molecular flexibility index (Phi) is 4.19. The first-order valence-electron chi connectivity index (χ1n) is 7.56. The molecule has 0 saturated heterocycles. The van der Waals surface area contributed by atoms with Gasteiger partial charge in [-0.25, -0.2) is 0 Å². The van der Waals surface area contributed by atoms with E-state index in [2.05, 4.69) is 29.6 Å². The predicted octanol–water partition coefficient (Wildman–Crippen LogP) is 4.91. The summed E-state index contributed by atoms with van der Waals surface area (Å²) in [5, 5.41) is 5.85. The molecule has 0 radical (unpaired) electrons. The number of Topliss-reactive ketones (excluding diaryl/α,β-unsaturated/α-hetero) is 1. The fourth-order valence-electron chi connectivity index (χ4n) is 2.69. The average molecular weight is 289 g/mol. The number of rotatable bonds is 5. The fourth-order valence-corrected chi connectivity index (χ4v) is 2.69. The van der Waals surface area contributed by atoms with E-state index in [1.807, 2.05) is 55.5 Å². The Hall–Kier alpha value is -2.61. The van der Waals surface area contributed by atoms with Gasteiger partial charge in [-0.1, -0.05) is 66.7 Å². The molecule has 22 heavy (non-hydrogen) atoms. The van der Waals surface area contributed by atoms with Crippen molar-refractivity contribution in [3.05, 3.63) is 78.4 Å². The molecule has 1 unspecified atom stereocenters. The summed E-state index contributed by atoms with van der Waals surface area (Å²) in [6, 6.07) is 24.0. The summed E-state index contributed by atoms with van der Waals surface area (Å²) in [6.07, 6.45) is 0.479. The van der Waals surface area contributed by atoms with Crippen LogP contribution >= 0.6 is 0 Å². The van der Waals surface area contributed by atoms with Crippen LogP contribution in [0.2, 0.25) is 0 Å². The molecule has 0 aliphatic carbocycles. The zero-order valence-electron chi connectivity index (χ0n) is 12.6. The van der Waals surface area contributed by atoms with Crippen molar-refractivity contribution in [2.75, 3.05) is 5.32 Å². The van der Waals surface area contributed by atoms with Crippen molar-refractivity contribution in [3.63, 3.8) is 0 Å². The maximum absolute atomic E-state index is 12.3. The number of nitrogens with one attached hydrogen (secondary N) is 1. The van der Waals surface area contributed by atoms with Crippen LogP contribution in [-0.4, -0.2) is 11.8 Å².